The minimum absolute atomic E-state index is 0.120. The van der Waals surface area contributed by atoms with E-state index in [1.165, 1.54) is 6.08 Å². The van der Waals surface area contributed by atoms with Gasteiger partial charge in [-0.15, -0.1) is 0 Å². The summed E-state index contributed by atoms with van der Waals surface area (Å²) in [4.78, 5) is 24.1. The molecule has 0 aliphatic carbocycles. The Balaban J connectivity index is 4.67. The maximum atomic E-state index is 11.5. The van der Waals surface area contributed by atoms with Crippen LogP contribution in [0.4, 0.5) is 4.79 Å². The fourth-order valence-corrected chi connectivity index (χ4v) is 1.61. The van der Waals surface area contributed by atoms with Gasteiger partial charge in [0.1, 0.15) is 5.60 Å². The third-order valence-corrected chi connectivity index (χ3v) is 1.88. The molecule has 0 atom stereocenters. The minimum atomic E-state index is -0.661. The summed E-state index contributed by atoms with van der Waals surface area (Å²) in [5.41, 5.74) is -0.483. The van der Waals surface area contributed by atoms with Crippen LogP contribution >= 0.6 is 15.9 Å². The molecule has 0 radical (unpaired) electrons. The van der Waals surface area contributed by atoms with Crippen LogP contribution in [0.25, 0.3) is 0 Å². The highest BCUT2D eigenvalue weighted by molar-refractivity contribution is 9.11. The molecule has 6 heteroatoms. The molecule has 0 heterocycles. The van der Waals surface area contributed by atoms with E-state index in [1.807, 2.05) is 14.1 Å². The van der Waals surface area contributed by atoms with Crippen LogP contribution in [0.15, 0.2) is 22.5 Å². The zero-order valence-corrected chi connectivity index (χ0v) is 12.9. The highest BCUT2D eigenvalue weighted by atomic mass is 79.9. The summed E-state index contributed by atoms with van der Waals surface area (Å²) in [5, 5.41) is 2.37. The van der Waals surface area contributed by atoms with Gasteiger partial charge in [0.05, 0.1) is 5.70 Å². The van der Waals surface area contributed by atoms with Gasteiger partial charge in [-0.25, -0.2) is 4.79 Å². The molecule has 0 fully saturated rings. The van der Waals surface area contributed by atoms with Crippen molar-refractivity contribution in [3.8, 4) is 0 Å². The molecule has 0 spiro atoms. The van der Waals surface area contributed by atoms with Gasteiger partial charge in [0, 0.05) is 24.8 Å². The minimum Gasteiger partial charge on any atom is -0.444 e. The molecule has 0 saturated carbocycles. The summed E-state index contributed by atoms with van der Waals surface area (Å²) in [7, 11) is 3.69. The van der Waals surface area contributed by atoms with Crippen molar-refractivity contribution >= 4 is 28.3 Å². The van der Waals surface area contributed by atoms with Gasteiger partial charge in [0.25, 0.3) is 0 Å². The molecular weight excluding hydrogens is 300 g/mol. The molecule has 0 unspecified atom stereocenters. The number of ether oxygens (including phenoxy) is 1. The molecule has 1 N–H and O–H groups in total. The lowest BCUT2D eigenvalue weighted by Gasteiger charge is -2.19. The average molecular weight is 319 g/mol. The standard InChI is InChI=1S/C12H19BrN2O3/c1-12(2,3)18-11(17)14-10(8-16)6-9(13)7-15(4)5/h6-8H,1-5H3,(H,14,17)/b9-7+,10-6+. The predicted molar refractivity (Wildman–Crippen MR) is 74.2 cm³/mol. The monoisotopic (exact) mass is 318 g/mol. The number of allylic oxidation sites excluding steroid dienone is 3. The van der Waals surface area contributed by atoms with Gasteiger partial charge >= 0.3 is 6.09 Å². The molecule has 0 saturated heterocycles. The Morgan fingerprint density at radius 2 is 1.89 bits per heavy atom. The van der Waals surface area contributed by atoms with Gasteiger partial charge < -0.3 is 9.64 Å². The van der Waals surface area contributed by atoms with E-state index in [9.17, 15) is 9.59 Å². The van der Waals surface area contributed by atoms with E-state index in [0.717, 1.165) is 0 Å². The summed E-state index contributed by atoms with van der Waals surface area (Å²) < 4.78 is 5.70. The highest BCUT2D eigenvalue weighted by Gasteiger charge is 2.16. The normalized spacial score (nSPS) is 13.0. The largest absolute Gasteiger partial charge is 0.444 e. The molecule has 0 aromatic heterocycles. The summed E-state index contributed by atoms with van der Waals surface area (Å²) in [6.07, 6.45) is 3.14. The van der Waals surface area contributed by atoms with Crippen molar-refractivity contribution in [2.24, 2.45) is 0 Å². The zero-order chi connectivity index (χ0) is 14.3. The fourth-order valence-electron chi connectivity index (χ4n) is 0.954. The number of carbonyl (C=O) groups excluding carboxylic acids is 2. The molecule has 0 aromatic rings. The number of amides is 1. The van der Waals surface area contributed by atoms with Gasteiger partial charge in [-0.2, -0.15) is 0 Å². The molecule has 102 valence electrons. The van der Waals surface area contributed by atoms with E-state index in [0.29, 0.717) is 10.8 Å². The van der Waals surface area contributed by atoms with Crippen LogP contribution in [0.1, 0.15) is 20.8 Å². The number of alkyl carbamates (subject to hydrolysis) is 1. The van der Waals surface area contributed by atoms with Crippen LogP contribution < -0.4 is 5.32 Å². The maximum Gasteiger partial charge on any atom is 0.412 e. The second kappa shape index (κ2) is 7.20. The second-order valence-electron chi connectivity index (χ2n) is 4.82. The van der Waals surface area contributed by atoms with Crippen molar-refractivity contribution in [2.75, 3.05) is 14.1 Å². The second-order valence-corrected chi connectivity index (χ2v) is 5.74. The van der Waals surface area contributed by atoms with Crippen molar-refractivity contribution in [1.82, 2.24) is 10.2 Å². The first-order valence-electron chi connectivity index (χ1n) is 5.34. The quantitative estimate of drug-likeness (QED) is 0.491. The molecule has 0 bridgehead atoms. The Hall–Kier alpha value is -1.30. The van der Waals surface area contributed by atoms with Crippen LogP contribution in [0.2, 0.25) is 0 Å². The molecule has 0 aromatic carbocycles. The number of aldehydes is 1. The molecule has 5 nitrogen and oxygen atoms in total. The van der Waals surface area contributed by atoms with Crippen LogP contribution in [0.3, 0.4) is 0 Å². The molecule has 0 aliphatic heterocycles. The number of nitrogens with one attached hydrogen (secondary N) is 1. The van der Waals surface area contributed by atoms with E-state index < -0.39 is 11.7 Å². The first kappa shape index (κ1) is 16.7. The van der Waals surface area contributed by atoms with E-state index in [-0.39, 0.29) is 5.70 Å². The third-order valence-electron chi connectivity index (χ3n) is 1.45. The smallest absolute Gasteiger partial charge is 0.412 e. The van der Waals surface area contributed by atoms with Crippen molar-refractivity contribution in [3.63, 3.8) is 0 Å². The van der Waals surface area contributed by atoms with Crippen molar-refractivity contribution in [1.29, 1.82) is 0 Å². The molecule has 0 rings (SSSR count). The highest BCUT2D eigenvalue weighted by Crippen LogP contribution is 2.10. The van der Waals surface area contributed by atoms with Crippen LogP contribution in [-0.4, -0.2) is 37.0 Å². The third kappa shape index (κ3) is 8.81. The lowest BCUT2D eigenvalue weighted by atomic mass is 10.2. The Kier molecular flexibility index (Phi) is 6.68. The van der Waals surface area contributed by atoms with Gasteiger partial charge in [-0.05, 0) is 42.8 Å². The lowest BCUT2D eigenvalue weighted by Crippen LogP contribution is -2.32. The molecular formula is C12H19BrN2O3. The number of nitrogens with zero attached hydrogens (tertiary/aromatic N) is 1. The van der Waals surface area contributed by atoms with Gasteiger partial charge in [-0.1, -0.05) is 0 Å². The van der Waals surface area contributed by atoms with Crippen molar-refractivity contribution in [2.45, 2.75) is 26.4 Å². The Morgan fingerprint density at radius 1 is 1.33 bits per heavy atom. The zero-order valence-electron chi connectivity index (χ0n) is 11.3. The van der Waals surface area contributed by atoms with E-state index >= 15 is 0 Å². The van der Waals surface area contributed by atoms with Gasteiger partial charge in [0.15, 0.2) is 6.29 Å². The predicted octanol–water partition coefficient (Wildman–Crippen LogP) is 2.39. The number of carbonyl (C=O) groups is 2. The Labute approximate surface area is 116 Å². The van der Waals surface area contributed by atoms with Crippen LogP contribution in [0.5, 0.6) is 0 Å². The first-order chi connectivity index (χ1) is 8.14. The van der Waals surface area contributed by atoms with Crippen molar-refractivity contribution in [3.05, 3.63) is 22.5 Å². The van der Waals surface area contributed by atoms with E-state index in [1.54, 1.807) is 31.9 Å². The summed E-state index contributed by atoms with van der Waals surface area (Å²) in [6.45, 7) is 5.25. The van der Waals surface area contributed by atoms with Gasteiger partial charge in [-0.3, -0.25) is 10.1 Å². The van der Waals surface area contributed by atoms with Crippen LogP contribution in [-0.2, 0) is 9.53 Å². The number of halogens is 1. The topological polar surface area (TPSA) is 58.6 Å². The van der Waals surface area contributed by atoms with Gasteiger partial charge in [0.2, 0.25) is 0 Å². The molecule has 0 aliphatic rings. The lowest BCUT2D eigenvalue weighted by molar-refractivity contribution is -0.105. The summed E-state index contributed by atoms with van der Waals surface area (Å²) >= 11 is 3.26. The summed E-state index contributed by atoms with van der Waals surface area (Å²) in [6, 6.07) is 0. The maximum absolute atomic E-state index is 11.5. The van der Waals surface area contributed by atoms with Crippen LogP contribution in [0, 0.1) is 0 Å². The summed E-state index contributed by atoms with van der Waals surface area (Å²) in [5.74, 6) is 0. The molecule has 18 heavy (non-hydrogen) atoms. The molecule has 1 amide bonds. The van der Waals surface area contributed by atoms with Crippen molar-refractivity contribution < 1.29 is 14.3 Å². The van der Waals surface area contributed by atoms with E-state index in [4.69, 9.17) is 4.74 Å². The fraction of sp³-hybridized carbons (Fsp3) is 0.500. The van der Waals surface area contributed by atoms with E-state index in [2.05, 4.69) is 21.2 Å². The Bertz CT molecular complexity index is 368. The number of rotatable bonds is 4. The average Bonchev–Trinajstić information content (AvgIpc) is 2.11. The Morgan fingerprint density at radius 3 is 2.28 bits per heavy atom. The number of hydrogen-bond donors (Lipinski definition) is 1. The number of hydrogen-bond acceptors (Lipinski definition) is 4. The first-order valence-corrected chi connectivity index (χ1v) is 6.14. The SMILES string of the molecule is CN(C)/C=C(Br)\C=C(/C=O)NC(=O)OC(C)(C)C.